The molecule has 2 aliphatic rings. The second kappa shape index (κ2) is 4.24. The normalized spacial score (nSPS) is 31.0. The van der Waals surface area contributed by atoms with Crippen LogP contribution in [0.25, 0.3) is 0 Å². The monoisotopic (exact) mass is 233 g/mol. The summed E-state index contributed by atoms with van der Waals surface area (Å²) in [5.41, 5.74) is 0.806. The highest BCUT2D eigenvalue weighted by Crippen LogP contribution is 2.49. The SMILES string of the molecule is Cn1cc(CC(=O)CC2CC3CCC2C3)nn1. The van der Waals surface area contributed by atoms with E-state index in [4.69, 9.17) is 0 Å². The van der Waals surface area contributed by atoms with Crippen molar-refractivity contribution in [2.24, 2.45) is 24.8 Å². The van der Waals surface area contributed by atoms with Gasteiger partial charge in [-0.15, -0.1) is 5.10 Å². The number of aromatic nitrogens is 3. The second-order valence-electron chi connectivity index (χ2n) is 5.74. The Kier molecular flexibility index (Phi) is 2.73. The van der Waals surface area contributed by atoms with Crippen molar-refractivity contribution in [3.63, 3.8) is 0 Å². The Balaban J connectivity index is 1.54. The molecule has 2 aliphatic carbocycles. The third kappa shape index (κ3) is 2.26. The molecule has 0 aliphatic heterocycles. The lowest BCUT2D eigenvalue weighted by Gasteiger charge is -2.20. The van der Waals surface area contributed by atoms with Crippen LogP contribution in [0.15, 0.2) is 6.20 Å². The number of rotatable bonds is 4. The number of aryl methyl sites for hydroxylation is 1. The molecule has 0 amide bonds. The van der Waals surface area contributed by atoms with Crippen LogP contribution in [0.4, 0.5) is 0 Å². The van der Waals surface area contributed by atoms with Crippen LogP contribution in [0, 0.1) is 17.8 Å². The van der Waals surface area contributed by atoms with Crippen LogP contribution in [0.1, 0.15) is 37.8 Å². The molecule has 1 heterocycles. The van der Waals surface area contributed by atoms with E-state index in [9.17, 15) is 4.79 Å². The minimum Gasteiger partial charge on any atom is -0.299 e. The fourth-order valence-electron chi connectivity index (χ4n) is 3.67. The first-order valence-electron chi connectivity index (χ1n) is 6.57. The molecule has 3 atom stereocenters. The molecule has 92 valence electrons. The highest BCUT2D eigenvalue weighted by atomic mass is 16.1. The van der Waals surface area contributed by atoms with Crippen molar-refractivity contribution in [2.45, 2.75) is 38.5 Å². The Bertz CT molecular complexity index is 426. The number of nitrogens with zero attached hydrogens (tertiary/aromatic N) is 3. The van der Waals surface area contributed by atoms with Crippen molar-refractivity contribution in [2.75, 3.05) is 0 Å². The van der Waals surface area contributed by atoms with Gasteiger partial charge in [-0.2, -0.15) is 0 Å². The van der Waals surface area contributed by atoms with Crippen LogP contribution >= 0.6 is 0 Å². The van der Waals surface area contributed by atoms with Crippen LogP contribution in [0.3, 0.4) is 0 Å². The van der Waals surface area contributed by atoms with Gasteiger partial charge in [-0.25, -0.2) is 0 Å². The summed E-state index contributed by atoms with van der Waals surface area (Å²) in [5, 5.41) is 7.82. The van der Waals surface area contributed by atoms with E-state index in [-0.39, 0.29) is 0 Å². The Morgan fingerprint density at radius 1 is 1.47 bits per heavy atom. The summed E-state index contributed by atoms with van der Waals surface area (Å²) < 4.78 is 1.65. The van der Waals surface area contributed by atoms with Crippen molar-refractivity contribution in [3.05, 3.63) is 11.9 Å². The first kappa shape index (κ1) is 10.9. The summed E-state index contributed by atoms with van der Waals surface area (Å²) in [5.74, 6) is 2.76. The van der Waals surface area contributed by atoms with E-state index in [1.54, 1.807) is 4.68 Å². The molecule has 3 rings (SSSR count). The van der Waals surface area contributed by atoms with Gasteiger partial charge in [-0.05, 0) is 37.0 Å². The smallest absolute Gasteiger partial charge is 0.139 e. The number of Topliss-reactive ketones (excluding diaryl/α,β-unsaturated/α-hetero) is 1. The third-order valence-corrected chi connectivity index (χ3v) is 4.40. The summed E-state index contributed by atoms with van der Waals surface area (Å²) in [4.78, 5) is 12.0. The van der Waals surface area contributed by atoms with Gasteiger partial charge >= 0.3 is 0 Å². The van der Waals surface area contributed by atoms with Gasteiger partial charge in [0.05, 0.1) is 12.1 Å². The lowest BCUT2D eigenvalue weighted by atomic mass is 9.85. The summed E-state index contributed by atoms with van der Waals surface area (Å²) in [6.45, 7) is 0. The van der Waals surface area contributed by atoms with Gasteiger partial charge in [0.2, 0.25) is 0 Å². The van der Waals surface area contributed by atoms with E-state index in [1.807, 2.05) is 13.2 Å². The van der Waals surface area contributed by atoms with E-state index in [1.165, 1.54) is 25.7 Å². The summed E-state index contributed by atoms with van der Waals surface area (Å²) in [6, 6.07) is 0. The van der Waals surface area contributed by atoms with Gasteiger partial charge < -0.3 is 0 Å². The molecule has 0 aromatic carbocycles. The van der Waals surface area contributed by atoms with Crippen molar-refractivity contribution in [3.8, 4) is 0 Å². The van der Waals surface area contributed by atoms with E-state index in [0.717, 1.165) is 24.0 Å². The summed E-state index contributed by atoms with van der Waals surface area (Å²) in [6.07, 6.45) is 8.48. The fourth-order valence-corrected chi connectivity index (χ4v) is 3.67. The molecular weight excluding hydrogens is 214 g/mol. The van der Waals surface area contributed by atoms with Crippen LogP contribution in [-0.2, 0) is 18.3 Å². The van der Waals surface area contributed by atoms with Gasteiger partial charge in [-0.1, -0.05) is 11.6 Å². The fraction of sp³-hybridized carbons (Fsp3) is 0.769. The van der Waals surface area contributed by atoms with Gasteiger partial charge in [0.25, 0.3) is 0 Å². The third-order valence-electron chi connectivity index (χ3n) is 4.40. The first-order chi connectivity index (χ1) is 8.20. The summed E-state index contributed by atoms with van der Waals surface area (Å²) >= 11 is 0. The van der Waals surface area contributed by atoms with Crippen LogP contribution in [0.2, 0.25) is 0 Å². The van der Waals surface area contributed by atoms with E-state index < -0.39 is 0 Å². The number of carbonyl (C=O) groups excluding carboxylic acids is 1. The van der Waals surface area contributed by atoms with Crippen molar-refractivity contribution in [1.82, 2.24) is 15.0 Å². The molecule has 17 heavy (non-hydrogen) atoms. The number of hydrogen-bond acceptors (Lipinski definition) is 3. The van der Waals surface area contributed by atoms with Gasteiger partial charge in [-0.3, -0.25) is 9.48 Å². The molecule has 4 heteroatoms. The number of carbonyl (C=O) groups is 1. The van der Waals surface area contributed by atoms with Gasteiger partial charge in [0, 0.05) is 19.7 Å². The summed E-state index contributed by atoms with van der Waals surface area (Å²) in [7, 11) is 1.83. The molecule has 4 nitrogen and oxygen atoms in total. The molecule has 1 aromatic rings. The standard InChI is InChI=1S/C13H19N3O/c1-16-8-12(14-15-16)7-13(17)6-11-5-9-2-3-10(11)4-9/h8-11H,2-7H2,1H3. The predicted molar refractivity (Wildman–Crippen MR) is 63.3 cm³/mol. The molecule has 0 saturated heterocycles. The predicted octanol–water partition coefficient (Wildman–Crippen LogP) is 1.75. The minimum absolute atomic E-state index is 0.336. The maximum absolute atomic E-state index is 12.0. The average Bonchev–Trinajstić information content (AvgIpc) is 2.95. The van der Waals surface area contributed by atoms with E-state index >= 15 is 0 Å². The zero-order chi connectivity index (χ0) is 11.8. The number of fused-ring (bicyclic) bond motifs is 2. The number of ketones is 1. The molecular formula is C13H19N3O. The van der Waals surface area contributed by atoms with Crippen molar-refractivity contribution < 1.29 is 4.79 Å². The Morgan fingerprint density at radius 3 is 2.94 bits per heavy atom. The van der Waals surface area contributed by atoms with Gasteiger partial charge in [0.1, 0.15) is 5.78 Å². The maximum Gasteiger partial charge on any atom is 0.139 e. The van der Waals surface area contributed by atoms with Gasteiger partial charge in [0.15, 0.2) is 0 Å². The maximum atomic E-state index is 12.0. The highest BCUT2D eigenvalue weighted by molar-refractivity contribution is 5.80. The highest BCUT2D eigenvalue weighted by Gasteiger charge is 2.39. The molecule has 0 spiro atoms. The average molecular weight is 233 g/mol. The quantitative estimate of drug-likeness (QED) is 0.796. The lowest BCUT2D eigenvalue weighted by Crippen LogP contribution is -2.16. The molecule has 3 unspecified atom stereocenters. The lowest BCUT2D eigenvalue weighted by molar-refractivity contribution is -0.119. The molecule has 1 aromatic heterocycles. The zero-order valence-electron chi connectivity index (χ0n) is 10.3. The molecule has 2 saturated carbocycles. The first-order valence-corrected chi connectivity index (χ1v) is 6.57. The van der Waals surface area contributed by atoms with Crippen LogP contribution < -0.4 is 0 Å². The topological polar surface area (TPSA) is 47.8 Å². The largest absolute Gasteiger partial charge is 0.299 e. The number of hydrogen-bond donors (Lipinski definition) is 0. The Labute approximate surface area is 101 Å². The van der Waals surface area contributed by atoms with Crippen LogP contribution in [0.5, 0.6) is 0 Å². The Morgan fingerprint density at radius 2 is 2.35 bits per heavy atom. The molecule has 0 radical (unpaired) electrons. The molecule has 0 N–H and O–H groups in total. The Hall–Kier alpha value is -1.19. The van der Waals surface area contributed by atoms with E-state index in [0.29, 0.717) is 18.1 Å². The van der Waals surface area contributed by atoms with Crippen molar-refractivity contribution in [1.29, 1.82) is 0 Å². The minimum atomic E-state index is 0.336. The molecule has 2 fully saturated rings. The van der Waals surface area contributed by atoms with E-state index in [2.05, 4.69) is 10.3 Å². The van der Waals surface area contributed by atoms with Crippen molar-refractivity contribution >= 4 is 5.78 Å². The second-order valence-corrected chi connectivity index (χ2v) is 5.74. The van der Waals surface area contributed by atoms with Crippen LogP contribution in [-0.4, -0.2) is 20.8 Å². The molecule has 2 bridgehead atoms. The zero-order valence-corrected chi connectivity index (χ0v) is 10.3.